The van der Waals surface area contributed by atoms with Crippen LogP contribution in [-0.4, -0.2) is 36.9 Å². The standard InChI is InChI=1S/C14H19NO4/c1-18-9-10-3-2-4-11(7-10)15-8-12-5-6-13(19-12)14(16)17/h2-4,7,12-13,15H,5-6,8-9H2,1H3,(H,16,17). The summed E-state index contributed by atoms with van der Waals surface area (Å²) in [4.78, 5) is 10.8. The highest BCUT2D eigenvalue weighted by atomic mass is 16.5. The molecule has 5 nitrogen and oxygen atoms in total. The van der Waals surface area contributed by atoms with E-state index < -0.39 is 12.1 Å². The van der Waals surface area contributed by atoms with E-state index in [0.717, 1.165) is 17.7 Å². The summed E-state index contributed by atoms with van der Waals surface area (Å²) in [5.41, 5.74) is 2.10. The van der Waals surface area contributed by atoms with Crippen LogP contribution in [0, 0.1) is 0 Å². The number of methoxy groups -OCH3 is 1. The second-order valence-corrected chi connectivity index (χ2v) is 4.68. The second-order valence-electron chi connectivity index (χ2n) is 4.68. The molecule has 0 aliphatic carbocycles. The molecule has 1 fully saturated rings. The summed E-state index contributed by atoms with van der Waals surface area (Å²) in [5, 5.41) is 12.1. The Morgan fingerprint density at radius 2 is 2.37 bits per heavy atom. The molecule has 1 heterocycles. The van der Waals surface area contributed by atoms with E-state index in [1.54, 1.807) is 7.11 Å². The minimum atomic E-state index is -0.871. The number of ether oxygens (including phenoxy) is 2. The van der Waals surface area contributed by atoms with Gasteiger partial charge in [-0.3, -0.25) is 0 Å². The molecule has 1 saturated heterocycles. The zero-order valence-corrected chi connectivity index (χ0v) is 11.0. The van der Waals surface area contributed by atoms with E-state index in [9.17, 15) is 4.79 Å². The molecule has 0 amide bonds. The van der Waals surface area contributed by atoms with Crippen molar-refractivity contribution in [3.8, 4) is 0 Å². The molecule has 5 heteroatoms. The number of carboxylic acid groups (broad SMARTS) is 1. The maximum Gasteiger partial charge on any atom is 0.332 e. The van der Waals surface area contributed by atoms with Crippen molar-refractivity contribution in [2.45, 2.75) is 31.7 Å². The van der Waals surface area contributed by atoms with Crippen LogP contribution < -0.4 is 5.32 Å². The van der Waals surface area contributed by atoms with E-state index in [1.165, 1.54) is 0 Å². The Bertz CT molecular complexity index is 435. The molecule has 104 valence electrons. The van der Waals surface area contributed by atoms with Gasteiger partial charge in [0.2, 0.25) is 0 Å². The van der Waals surface area contributed by atoms with Gasteiger partial charge < -0.3 is 19.9 Å². The van der Waals surface area contributed by atoms with E-state index in [2.05, 4.69) is 5.32 Å². The van der Waals surface area contributed by atoms with Crippen LogP contribution in [0.25, 0.3) is 0 Å². The van der Waals surface area contributed by atoms with E-state index in [0.29, 0.717) is 19.6 Å². The van der Waals surface area contributed by atoms with Crippen molar-refractivity contribution in [3.63, 3.8) is 0 Å². The van der Waals surface area contributed by atoms with Crippen molar-refractivity contribution in [3.05, 3.63) is 29.8 Å². The minimum Gasteiger partial charge on any atom is -0.479 e. The van der Waals surface area contributed by atoms with Crippen LogP contribution in [-0.2, 0) is 20.9 Å². The van der Waals surface area contributed by atoms with Crippen molar-refractivity contribution in [1.82, 2.24) is 0 Å². The molecule has 0 spiro atoms. The first-order chi connectivity index (χ1) is 9.19. The summed E-state index contributed by atoms with van der Waals surface area (Å²) < 4.78 is 10.5. The number of carbonyl (C=O) groups is 1. The number of carboxylic acids is 1. The van der Waals surface area contributed by atoms with Gasteiger partial charge in [-0.15, -0.1) is 0 Å². The van der Waals surface area contributed by atoms with Gasteiger partial charge in [-0.1, -0.05) is 12.1 Å². The molecule has 1 aliphatic rings. The number of anilines is 1. The molecule has 0 bridgehead atoms. The van der Waals surface area contributed by atoms with Crippen molar-refractivity contribution in [2.75, 3.05) is 19.0 Å². The first-order valence-corrected chi connectivity index (χ1v) is 6.39. The van der Waals surface area contributed by atoms with Gasteiger partial charge >= 0.3 is 5.97 Å². The van der Waals surface area contributed by atoms with Gasteiger partial charge in [0, 0.05) is 19.3 Å². The van der Waals surface area contributed by atoms with Gasteiger partial charge in [-0.2, -0.15) is 0 Å². The molecule has 19 heavy (non-hydrogen) atoms. The third-order valence-electron chi connectivity index (χ3n) is 3.15. The first kappa shape index (κ1) is 13.8. The van der Waals surface area contributed by atoms with Crippen LogP contribution >= 0.6 is 0 Å². The third kappa shape index (κ3) is 3.94. The first-order valence-electron chi connectivity index (χ1n) is 6.39. The van der Waals surface area contributed by atoms with E-state index >= 15 is 0 Å². The Morgan fingerprint density at radius 1 is 1.53 bits per heavy atom. The van der Waals surface area contributed by atoms with Crippen LogP contribution in [0.2, 0.25) is 0 Å². The van der Waals surface area contributed by atoms with Crippen molar-refractivity contribution in [1.29, 1.82) is 0 Å². The monoisotopic (exact) mass is 265 g/mol. The smallest absolute Gasteiger partial charge is 0.332 e. The number of hydrogen-bond donors (Lipinski definition) is 2. The summed E-state index contributed by atoms with van der Waals surface area (Å²) in [6.45, 7) is 1.21. The average Bonchev–Trinajstić information content (AvgIpc) is 2.86. The van der Waals surface area contributed by atoms with Crippen LogP contribution in [0.15, 0.2) is 24.3 Å². The Hall–Kier alpha value is -1.59. The Balaban J connectivity index is 1.82. The molecule has 1 aliphatic heterocycles. The summed E-state index contributed by atoms with van der Waals surface area (Å²) >= 11 is 0. The largest absolute Gasteiger partial charge is 0.479 e. The molecular weight excluding hydrogens is 246 g/mol. The zero-order valence-electron chi connectivity index (χ0n) is 11.0. The van der Waals surface area contributed by atoms with Crippen molar-refractivity contribution < 1.29 is 19.4 Å². The normalized spacial score (nSPS) is 22.4. The maximum atomic E-state index is 10.8. The van der Waals surface area contributed by atoms with Gasteiger partial charge in [-0.05, 0) is 30.5 Å². The van der Waals surface area contributed by atoms with E-state index in [4.69, 9.17) is 14.6 Å². The SMILES string of the molecule is COCc1cccc(NCC2CCC(C(=O)O)O2)c1. The minimum absolute atomic E-state index is 0.0350. The lowest BCUT2D eigenvalue weighted by molar-refractivity contribution is -0.149. The highest BCUT2D eigenvalue weighted by Gasteiger charge is 2.30. The molecular formula is C14H19NO4. The average molecular weight is 265 g/mol. The Kier molecular flexibility index (Phi) is 4.76. The van der Waals surface area contributed by atoms with Crippen molar-refractivity contribution in [2.24, 2.45) is 0 Å². The molecule has 2 unspecified atom stereocenters. The number of aliphatic carboxylic acids is 1. The number of benzene rings is 1. The lowest BCUT2D eigenvalue weighted by atomic mass is 10.2. The number of nitrogens with one attached hydrogen (secondary N) is 1. The third-order valence-corrected chi connectivity index (χ3v) is 3.15. The highest BCUT2D eigenvalue weighted by Crippen LogP contribution is 2.20. The van der Waals surface area contributed by atoms with Gasteiger partial charge in [-0.25, -0.2) is 4.79 Å². The van der Waals surface area contributed by atoms with E-state index in [1.807, 2.05) is 24.3 Å². The summed E-state index contributed by atoms with van der Waals surface area (Å²) in [6, 6.07) is 7.96. The van der Waals surface area contributed by atoms with Crippen LogP contribution in [0.1, 0.15) is 18.4 Å². The lowest BCUT2D eigenvalue weighted by Crippen LogP contribution is -2.24. The van der Waals surface area contributed by atoms with Gasteiger partial charge in [0.05, 0.1) is 12.7 Å². The summed E-state index contributed by atoms with van der Waals surface area (Å²) in [6.07, 6.45) is 0.687. The molecule has 0 aromatic heterocycles. The topological polar surface area (TPSA) is 67.8 Å². The quantitative estimate of drug-likeness (QED) is 0.822. The zero-order chi connectivity index (χ0) is 13.7. The predicted molar refractivity (Wildman–Crippen MR) is 71.2 cm³/mol. The fraction of sp³-hybridized carbons (Fsp3) is 0.500. The van der Waals surface area contributed by atoms with Crippen LogP contribution in [0.3, 0.4) is 0 Å². The maximum absolute atomic E-state index is 10.8. The van der Waals surface area contributed by atoms with E-state index in [-0.39, 0.29) is 6.10 Å². The molecule has 2 N–H and O–H groups in total. The fourth-order valence-corrected chi connectivity index (χ4v) is 2.21. The van der Waals surface area contributed by atoms with Crippen molar-refractivity contribution >= 4 is 11.7 Å². The Labute approximate surface area is 112 Å². The van der Waals surface area contributed by atoms with Gasteiger partial charge in [0.1, 0.15) is 0 Å². The molecule has 2 rings (SSSR count). The summed E-state index contributed by atoms with van der Waals surface area (Å²) in [5.74, 6) is -0.871. The molecule has 1 aromatic rings. The highest BCUT2D eigenvalue weighted by molar-refractivity contribution is 5.72. The fourth-order valence-electron chi connectivity index (χ4n) is 2.21. The molecule has 1 aromatic carbocycles. The second kappa shape index (κ2) is 6.54. The lowest BCUT2D eigenvalue weighted by Gasteiger charge is -2.13. The summed E-state index contributed by atoms with van der Waals surface area (Å²) in [7, 11) is 1.67. The van der Waals surface area contributed by atoms with Crippen LogP contribution in [0.5, 0.6) is 0 Å². The van der Waals surface area contributed by atoms with Gasteiger partial charge in [0.25, 0.3) is 0 Å². The number of hydrogen-bond acceptors (Lipinski definition) is 4. The Morgan fingerprint density at radius 3 is 3.05 bits per heavy atom. The van der Waals surface area contributed by atoms with Gasteiger partial charge in [0.15, 0.2) is 6.10 Å². The number of rotatable bonds is 6. The molecule has 0 saturated carbocycles. The molecule has 2 atom stereocenters. The predicted octanol–water partition coefficient (Wildman–Crippen LogP) is 1.88. The van der Waals surface area contributed by atoms with Crippen LogP contribution in [0.4, 0.5) is 5.69 Å². The molecule has 0 radical (unpaired) electrons.